The second kappa shape index (κ2) is 6.16. The lowest BCUT2D eigenvalue weighted by Gasteiger charge is -2.35. The van der Waals surface area contributed by atoms with Crippen molar-refractivity contribution in [1.29, 1.82) is 0 Å². The van der Waals surface area contributed by atoms with Gasteiger partial charge >= 0.3 is 5.76 Å². The van der Waals surface area contributed by atoms with Gasteiger partial charge in [0.2, 0.25) is 10.0 Å². The van der Waals surface area contributed by atoms with E-state index >= 15 is 0 Å². The molecule has 3 fully saturated rings. The number of nitrogens with one attached hydrogen (secondary N) is 1. The minimum absolute atomic E-state index is 0.112. The Balaban J connectivity index is 1.32. The van der Waals surface area contributed by atoms with E-state index in [0.29, 0.717) is 30.7 Å². The van der Waals surface area contributed by atoms with Crippen molar-refractivity contribution in [3.63, 3.8) is 0 Å². The number of fused-ring (bicyclic) bond motifs is 2. The molecule has 0 radical (unpaired) electrons. The van der Waals surface area contributed by atoms with Crippen LogP contribution >= 0.6 is 0 Å². The number of benzene rings is 1. The summed E-state index contributed by atoms with van der Waals surface area (Å²) in [5.41, 5.74) is 0.843. The summed E-state index contributed by atoms with van der Waals surface area (Å²) >= 11 is 0. The summed E-state index contributed by atoms with van der Waals surface area (Å²) in [6.07, 6.45) is 3.55. The fourth-order valence-corrected chi connectivity index (χ4v) is 5.56. The van der Waals surface area contributed by atoms with Gasteiger partial charge in [0.15, 0.2) is 5.58 Å². The number of hydrogen-bond donors (Lipinski definition) is 1. The van der Waals surface area contributed by atoms with Crippen molar-refractivity contribution in [1.82, 2.24) is 14.2 Å². The molecule has 5 rings (SSSR count). The number of sulfonamides is 1. The molecule has 0 amide bonds. The summed E-state index contributed by atoms with van der Waals surface area (Å²) in [5, 5.41) is 0. The van der Waals surface area contributed by atoms with E-state index in [2.05, 4.69) is 9.62 Å². The maximum Gasteiger partial charge on any atom is 0.419 e. The minimum atomic E-state index is -3.69. The number of aromatic nitrogens is 1. The van der Waals surface area contributed by atoms with Crippen LogP contribution in [0.2, 0.25) is 0 Å². The molecule has 3 atom stereocenters. The van der Waals surface area contributed by atoms with E-state index in [-0.39, 0.29) is 22.6 Å². The van der Waals surface area contributed by atoms with Crippen LogP contribution in [0.1, 0.15) is 19.3 Å². The van der Waals surface area contributed by atoms with Crippen LogP contribution in [0, 0.1) is 5.92 Å². The number of morpholine rings is 1. The Kier molecular flexibility index (Phi) is 3.98. The molecule has 0 spiro atoms. The molecule has 2 saturated heterocycles. The quantitative estimate of drug-likeness (QED) is 0.820. The van der Waals surface area contributed by atoms with E-state index in [4.69, 9.17) is 9.15 Å². The molecule has 0 unspecified atom stereocenters. The molecule has 1 N–H and O–H groups in total. The van der Waals surface area contributed by atoms with Gasteiger partial charge in [0.25, 0.3) is 0 Å². The molecule has 3 heterocycles. The predicted molar refractivity (Wildman–Crippen MR) is 98.0 cm³/mol. The summed E-state index contributed by atoms with van der Waals surface area (Å²) in [6, 6.07) is 4.66. The minimum Gasteiger partial charge on any atom is -0.408 e. The molecule has 8 nitrogen and oxygen atoms in total. The van der Waals surface area contributed by atoms with Crippen molar-refractivity contribution in [2.24, 2.45) is 13.0 Å². The third kappa shape index (κ3) is 3.12. The van der Waals surface area contributed by atoms with Gasteiger partial charge in [-0.3, -0.25) is 9.47 Å². The topological polar surface area (TPSA) is 93.8 Å². The summed E-state index contributed by atoms with van der Waals surface area (Å²) in [4.78, 5) is 14.1. The van der Waals surface area contributed by atoms with Gasteiger partial charge < -0.3 is 9.15 Å². The normalized spacial score (nSPS) is 29.3. The van der Waals surface area contributed by atoms with Crippen LogP contribution < -0.4 is 10.5 Å². The Bertz CT molecular complexity index is 1040. The van der Waals surface area contributed by atoms with Crippen LogP contribution in [0.25, 0.3) is 11.1 Å². The first-order valence-electron chi connectivity index (χ1n) is 9.38. The Hall–Kier alpha value is -1.68. The van der Waals surface area contributed by atoms with Crippen molar-refractivity contribution in [2.45, 2.75) is 42.3 Å². The monoisotopic (exact) mass is 393 g/mol. The number of hydrogen-bond acceptors (Lipinski definition) is 6. The van der Waals surface area contributed by atoms with Gasteiger partial charge in [-0.25, -0.2) is 17.9 Å². The molecule has 9 heteroatoms. The average molecular weight is 393 g/mol. The third-order valence-electron chi connectivity index (χ3n) is 5.99. The van der Waals surface area contributed by atoms with E-state index in [0.717, 1.165) is 13.0 Å². The van der Waals surface area contributed by atoms with Crippen LogP contribution in [-0.4, -0.2) is 55.8 Å². The van der Waals surface area contributed by atoms with Crippen LogP contribution in [0.3, 0.4) is 0 Å². The molecule has 2 aromatic rings. The lowest BCUT2D eigenvalue weighted by Crippen LogP contribution is -2.47. The van der Waals surface area contributed by atoms with Crippen LogP contribution in [0.5, 0.6) is 0 Å². The SMILES string of the molecule is Cn1c(=O)oc2cc(S(=O)(=O)N[C@H]3C[C@H]4CO[C@@H](C5CC5)CN4C3)ccc21. The first kappa shape index (κ1) is 17.4. The smallest absolute Gasteiger partial charge is 0.408 e. The van der Waals surface area contributed by atoms with E-state index < -0.39 is 15.8 Å². The first-order chi connectivity index (χ1) is 12.9. The van der Waals surface area contributed by atoms with E-state index in [1.807, 2.05) is 0 Å². The largest absolute Gasteiger partial charge is 0.419 e. The lowest BCUT2D eigenvalue weighted by atomic mass is 10.1. The fourth-order valence-electron chi connectivity index (χ4n) is 4.31. The Labute approximate surface area is 157 Å². The second-order valence-electron chi connectivity index (χ2n) is 7.93. The van der Waals surface area contributed by atoms with Gasteiger partial charge in [-0.2, -0.15) is 0 Å². The van der Waals surface area contributed by atoms with Crippen molar-refractivity contribution < 1.29 is 17.6 Å². The van der Waals surface area contributed by atoms with E-state index in [1.54, 1.807) is 13.1 Å². The highest BCUT2D eigenvalue weighted by atomic mass is 32.2. The van der Waals surface area contributed by atoms with Crippen LogP contribution in [0.4, 0.5) is 0 Å². The molecule has 0 bridgehead atoms. The van der Waals surface area contributed by atoms with Crippen molar-refractivity contribution in [2.75, 3.05) is 19.7 Å². The van der Waals surface area contributed by atoms with Crippen LogP contribution in [-0.2, 0) is 21.8 Å². The molecule has 1 aromatic heterocycles. The predicted octanol–water partition coefficient (Wildman–Crippen LogP) is 0.662. The zero-order chi connectivity index (χ0) is 18.8. The van der Waals surface area contributed by atoms with Crippen molar-refractivity contribution in [3.05, 3.63) is 28.7 Å². The summed E-state index contributed by atoms with van der Waals surface area (Å²) in [7, 11) is -2.10. The molecule has 146 valence electrons. The maximum atomic E-state index is 12.8. The Morgan fingerprint density at radius 2 is 2.04 bits per heavy atom. The van der Waals surface area contributed by atoms with E-state index in [1.165, 1.54) is 29.5 Å². The van der Waals surface area contributed by atoms with Gasteiger partial charge in [-0.1, -0.05) is 0 Å². The van der Waals surface area contributed by atoms with Crippen molar-refractivity contribution in [3.8, 4) is 0 Å². The van der Waals surface area contributed by atoms with Gasteiger partial charge in [-0.15, -0.1) is 0 Å². The molecule has 27 heavy (non-hydrogen) atoms. The van der Waals surface area contributed by atoms with E-state index in [9.17, 15) is 13.2 Å². The van der Waals surface area contributed by atoms with Gasteiger partial charge in [0.1, 0.15) is 0 Å². The molecule has 3 aliphatic rings. The second-order valence-corrected chi connectivity index (χ2v) is 9.64. The fraction of sp³-hybridized carbons (Fsp3) is 0.611. The zero-order valence-corrected chi connectivity index (χ0v) is 15.9. The highest BCUT2D eigenvalue weighted by Crippen LogP contribution is 2.38. The van der Waals surface area contributed by atoms with Gasteiger partial charge in [0.05, 0.1) is 23.1 Å². The summed E-state index contributed by atoms with van der Waals surface area (Å²) < 4.78 is 40.9. The average Bonchev–Trinajstić information content (AvgIpc) is 3.34. The molecular formula is C18H23N3O5S. The number of ether oxygens (including phenoxy) is 1. The maximum absolute atomic E-state index is 12.8. The first-order valence-corrected chi connectivity index (χ1v) is 10.9. The zero-order valence-electron chi connectivity index (χ0n) is 15.1. The molecular weight excluding hydrogens is 370 g/mol. The summed E-state index contributed by atoms with van der Waals surface area (Å²) in [5.74, 6) is 0.180. The Morgan fingerprint density at radius 3 is 2.81 bits per heavy atom. The number of nitrogens with zero attached hydrogens (tertiary/aromatic N) is 2. The summed E-state index contributed by atoms with van der Waals surface area (Å²) in [6.45, 7) is 2.29. The Morgan fingerprint density at radius 1 is 1.22 bits per heavy atom. The molecule has 1 aliphatic carbocycles. The van der Waals surface area contributed by atoms with Crippen molar-refractivity contribution >= 4 is 21.1 Å². The van der Waals surface area contributed by atoms with Crippen LogP contribution in [0.15, 0.2) is 32.3 Å². The lowest BCUT2D eigenvalue weighted by molar-refractivity contribution is -0.0581. The number of aryl methyl sites for hydroxylation is 1. The van der Waals surface area contributed by atoms with Gasteiger partial charge in [0, 0.05) is 38.3 Å². The standard InChI is InChI=1S/C18H23N3O5S/c1-20-15-5-4-14(7-16(15)26-18(20)22)27(23,24)19-12-6-13-10-25-17(11-2-3-11)9-21(13)8-12/h4-5,7,11-13,17,19H,2-3,6,8-10H2,1H3/t12-,13-,17+/m0/s1. The number of oxazole rings is 1. The molecule has 2 aliphatic heterocycles. The highest BCUT2D eigenvalue weighted by Gasteiger charge is 2.43. The molecule has 1 saturated carbocycles. The molecule has 1 aromatic carbocycles. The van der Waals surface area contributed by atoms with Gasteiger partial charge in [-0.05, 0) is 37.3 Å². The highest BCUT2D eigenvalue weighted by molar-refractivity contribution is 7.89. The third-order valence-corrected chi connectivity index (χ3v) is 7.51. The number of rotatable bonds is 4.